The number of thiazole rings is 1. The number of tetrazole rings is 1. The Bertz CT molecular complexity index is 1020. The molecule has 10 heteroatoms. The molecule has 0 atom stereocenters. The molecular weight excluding hydrogens is 392 g/mol. The normalized spacial score (nSPS) is 11.1. The number of hydrogen-bond donors (Lipinski definition) is 1. The van der Waals surface area contributed by atoms with E-state index >= 15 is 0 Å². The Balaban J connectivity index is 1.76. The van der Waals surface area contributed by atoms with Crippen molar-refractivity contribution in [3.63, 3.8) is 0 Å². The van der Waals surface area contributed by atoms with Gasteiger partial charge in [0.1, 0.15) is 0 Å². The molecule has 1 aromatic carbocycles. The molecule has 0 unspecified atom stereocenters. The Morgan fingerprint density at radius 3 is 2.38 bits per heavy atom. The average Bonchev–Trinajstić information content (AvgIpc) is 3.35. The lowest BCUT2D eigenvalue weighted by molar-refractivity contribution is 0.0593. The summed E-state index contributed by atoms with van der Waals surface area (Å²) in [6, 6.07) is 7.00. The SMILES string of the molecule is COC(=O)c1nc(NC(=O)c2ccc(-c3nnn(C(C)C)n3)cc2)sc1C(C)C. The number of anilines is 1. The standard InChI is InChI=1S/C19H22N6O3S/c1-10(2)15-14(18(27)28-5)20-19(29-15)21-17(26)13-8-6-12(7-9-13)16-22-24-25(23-16)11(3)4/h6-11H,1-5H3,(H,20,21,26). The minimum Gasteiger partial charge on any atom is -0.464 e. The Kier molecular flexibility index (Phi) is 6.02. The van der Waals surface area contributed by atoms with Gasteiger partial charge in [0.05, 0.1) is 13.2 Å². The highest BCUT2D eigenvalue weighted by atomic mass is 32.1. The van der Waals surface area contributed by atoms with Gasteiger partial charge in [-0.2, -0.15) is 4.80 Å². The van der Waals surface area contributed by atoms with E-state index in [0.29, 0.717) is 16.5 Å². The van der Waals surface area contributed by atoms with Crippen molar-refractivity contribution in [2.24, 2.45) is 0 Å². The van der Waals surface area contributed by atoms with Crippen molar-refractivity contribution in [1.82, 2.24) is 25.2 Å². The van der Waals surface area contributed by atoms with Gasteiger partial charge >= 0.3 is 5.97 Å². The second kappa shape index (κ2) is 8.48. The van der Waals surface area contributed by atoms with Crippen molar-refractivity contribution in [2.75, 3.05) is 12.4 Å². The number of esters is 1. The molecular formula is C19H22N6O3S. The van der Waals surface area contributed by atoms with Gasteiger partial charge in [0.2, 0.25) is 5.82 Å². The van der Waals surface area contributed by atoms with Crippen LogP contribution in [0.5, 0.6) is 0 Å². The van der Waals surface area contributed by atoms with Gasteiger partial charge in [-0.1, -0.05) is 26.0 Å². The quantitative estimate of drug-likeness (QED) is 0.614. The molecule has 0 radical (unpaired) electrons. The first-order valence-corrected chi connectivity index (χ1v) is 9.92. The first kappa shape index (κ1) is 20.6. The van der Waals surface area contributed by atoms with Crippen LogP contribution in [-0.2, 0) is 4.74 Å². The van der Waals surface area contributed by atoms with Crippen LogP contribution < -0.4 is 5.32 Å². The highest BCUT2D eigenvalue weighted by molar-refractivity contribution is 7.16. The van der Waals surface area contributed by atoms with Gasteiger partial charge < -0.3 is 4.74 Å². The van der Waals surface area contributed by atoms with E-state index in [9.17, 15) is 9.59 Å². The lowest BCUT2D eigenvalue weighted by atomic mass is 10.1. The highest BCUT2D eigenvalue weighted by Gasteiger charge is 2.22. The first-order valence-electron chi connectivity index (χ1n) is 9.10. The Labute approximate surface area is 172 Å². The maximum absolute atomic E-state index is 12.6. The molecule has 152 valence electrons. The van der Waals surface area contributed by atoms with E-state index < -0.39 is 5.97 Å². The maximum Gasteiger partial charge on any atom is 0.357 e. The van der Waals surface area contributed by atoms with Crippen LogP contribution in [0.15, 0.2) is 24.3 Å². The number of methoxy groups -OCH3 is 1. The van der Waals surface area contributed by atoms with Gasteiger partial charge in [0.15, 0.2) is 10.8 Å². The van der Waals surface area contributed by atoms with Crippen LogP contribution in [0.4, 0.5) is 5.13 Å². The zero-order valence-corrected chi connectivity index (χ0v) is 17.6. The molecule has 1 amide bonds. The number of aromatic nitrogens is 5. The van der Waals surface area contributed by atoms with E-state index in [-0.39, 0.29) is 23.6 Å². The lowest BCUT2D eigenvalue weighted by Gasteiger charge is -2.03. The van der Waals surface area contributed by atoms with Crippen molar-refractivity contribution in [3.8, 4) is 11.4 Å². The van der Waals surface area contributed by atoms with Gasteiger partial charge in [0.25, 0.3) is 5.91 Å². The number of amides is 1. The minimum absolute atomic E-state index is 0.0818. The fraction of sp³-hybridized carbons (Fsp3) is 0.368. The Hall–Kier alpha value is -3.14. The summed E-state index contributed by atoms with van der Waals surface area (Å²) >= 11 is 1.26. The number of carbonyl (C=O) groups is 2. The lowest BCUT2D eigenvalue weighted by Crippen LogP contribution is -2.12. The van der Waals surface area contributed by atoms with Crippen molar-refractivity contribution in [2.45, 2.75) is 39.7 Å². The molecule has 1 N–H and O–H groups in total. The molecule has 9 nitrogen and oxygen atoms in total. The summed E-state index contributed by atoms with van der Waals surface area (Å²) in [7, 11) is 1.31. The van der Waals surface area contributed by atoms with Crippen LogP contribution in [-0.4, -0.2) is 44.2 Å². The molecule has 2 heterocycles. The van der Waals surface area contributed by atoms with Crippen LogP contribution in [0, 0.1) is 0 Å². The van der Waals surface area contributed by atoms with Crippen molar-refractivity contribution >= 4 is 28.3 Å². The van der Waals surface area contributed by atoms with Gasteiger partial charge in [0, 0.05) is 16.0 Å². The fourth-order valence-corrected chi connectivity index (χ4v) is 3.47. The molecule has 29 heavy (non-hydrogen) atoms. The molecule has 0 fully saturated rings. The summed E-state index contributed by atoms with van der Waals surface area (Å²) in [6.45, 7) is 7.84. The van der Waals surface area contributed by atoms with Gasteiger partial charge in [-0.05, 0) is 37.1 Å². The van der Waals surface area contributed by atoms with Gasteiger partial charge in [-0.15, -0.1) is 21.5 Å². The Morgan fingerprint density at radius 2 is 1.83 bits per heavy atom. The van der Waals surface area contributed by atoms with Crippen LogP contribution in [0.1, 0.15) is 65.4 Å². The van der Waals surface area contributed by atoms with Crippen LogP contribution >= 0.6 is 11.3 Å². The van der Waals surface area contributed by atoms with Crippen LogP contribution in [0.25, 0.3) is 11.4 Å². The molecule has 2 aromatic heterocycles. The van der Waals surface area contributed by atoms with E-state index in [0.717, 1.165) is 10.4 Å². The number of nitrogens with zero attached hydrogens (tertiary/aromatic N) is 5. The molecule has 0 aliphatic heterocycles. The number of carbonyl (C=O) groups excluding carboxylic acids is 2. The second-order valence-electron chi connectivity index (χ2n) is 6.94. The number of nitrogens with one attached hydrogen (secondary N) is 1. The maximum atomic E-state index is 12.6. The summed E-state index contributed by atoms with van der Waals surface area (Å²) in [6.07, 6.45) is 0. The van der Waals surface area contributed by atoms with E-state index in [4.69, 9.17) is 4.74 Å². The van der Waals surface area contributed by atoms with Crippen molar-refractivity contribution < 1.29 is 14.3 Å². The largest absolute Gasteiger partial charge is 0.464 e. The fourth-order valence-electron chi connectivity index (χ4n) is 2.52. The third-order valence-electron chi connectivity index (χ3n) is 4.07. The molecule has 3 rings (SSSR count). The topological polar surface area (TPSA) is 112 Å². The number of ether oxygens (including phenoxy) is 1. The predicted octanol–water partition coefficient (Wildman–Crippen LogP) is 3.54. The van der Waals surface area contributed by atoms with E-state index in [1.807, 2.05) is 27.7 Å². The summed E-state index contributed by atoms with van der Waals surface area (Å²) in [5.74, 6) is -0.263. The summed E-state index contributed by atoms with van der Waals surface area (Å²) in [5.41, 5.74) is 1.45. The van der Waals surface area contributed by atoms with E-state index in [2.05, 4.69) is 25.7 Å². The van der Waals surface area contributed by atoms with Crippen molar-refractivity contribution in [3.05, 3.63) is 40.4 Å². The van der Waals surface area contributed by atoms with Crippen molar-refractivity contribution in [1.29, 1.82) is 0 Å². The molecule has 0 aliphatic rings. The predicted molar refractivity (Wildman–Crippen MR) is 109 cm³/mol. The number of benzene rings is 1. The summed E-state index contributed by atoms with van der Waals surface area (Å²) in [5, 5.41) is 15.4. The summed E-state index contributed by atoms with van der Waals surface area (Å²) < 4.78 is 4.78. The Morgan fingerprint density at radius 1 is 1.14 bits per heavy atom. The zero-order chi connectivity index (χ0) is 21.1. The smallest absolute Gasteiger partial charge is 0.357 e. The average molecular weight is 414 g/mol. The first-order chi connectivity index (χ1) is 13.8. The van der Waals surface area contributed by atoms with E-state index in [1.165, 1.54) is 23.2 Å². The second-order valence-corrected chi connectivity index (χ2v) is 7.97. The van der Waals surface area contributed by atoms with Gasteiger partial charge in [-0.3, -0.25) is 10.1 Å². The molecule has 3 aromatic rings. The highest BCUT2D eigenvalue weighted by Crippen LogP contribution is 2.30. The number of hydrogen-bond acceptors (Lipinski definition) is 8. The van der Waals surface area contributed by atoms with Gasteiger partial charge in [-0.25, -0.2) is 9.78 Å². The monoisotopic (exact) mass is 414 g/mol. The third-order valence-corrected chi connectivity index (χ3v) is 5.34. The summed E-state index contributed by atoms with van der Waals surface area (Å²) in [4.78, 5) is 31.0. The van der Waals surface area contributed by atoms with Crippen LogP contribution in [0.3, 0.4) is 0 Å². The van der Waals surface area contributed by atoms with Crippen LogP contribution in [0.2, 0.25) is 0 Å². The molecule has 0 spiro atoms. The number of rotatable bonds is 6. The van der Waals surface area contributed by atoms with E-state index in [1.54, 1.807) is 24.3 Å². The molecule has 0 saturated carbocycles. The zero-order valence-electron chi connectivity index (χ0n) is 16.8. The minimum atomic E-state index is -0.517. The molecule has 0 bridgehead atoms. The molecule has 0 saturated heterocycles. The third kappa shape index (κ3) is 4.48. The molecule has 0 aliphatic carbocycles.